The van der Waals surface area contributed by atoms with Gasteiger partial charge >= 0.3 is 13.2 Å². The maximum absolute atomic E-state index is 11.9. The molecule has 0 spiro atoms. The smallest absolute Gasteiger partial charge is 0.415 e. The van der Waals surface area contributed by atoms with Gasteiger partial charge in [0.15, 0.2) is 0 Å². The molecule has 0 aromatic heterocycles. The second kappa shape index (κ2) is 6.69. The Morgan fingerprint density at radius 3 is 2.32 bits per heavy atom. The van der Waals surface area contributed by atoms with Gasteiger partial charge in [-0.3, -0.25) is 5.32 Å². The molecule has 1 aromatic carbocycles. The molecule has 1 heterocycles. The number of carbonyl (C=O) groups excluding carboxylic acids is 1. The van der Waals surface area contributed by atoms with E-state index in [0.29, 0.717) is 11.4 Å². The first-order valence-electron chi connectivity index (χ1n) is 8.57. The molecule has 0 bridgehead atoms. The van der Waals surface area contributed by atoms with Crippen LogP contribution in [0.25, 0.3) is 0 Å². The van der Waals surface area contributed by atoms with Crippen LogP contribution in [-0.4, -0.2) is 24.4 Å². The van der Waals surface area contributed by atoms with Crippen molar-refractivity contribution >= 4 is 24.4 Å². The summed E-state index contributed by atoms with van der Waals surface area (Å²) < 4.78 is 17.3. The second-order valence-electron chi connectivity index (χ2n) is 7.32. The van der Waals surface area contributed by atoms with Crippen molar-refractivity contribution in [3.05, 3.63) is 48.3 Å². The zero-order valence-corrected chi connectivity index (χ0v) is 15.2. The third kappa shape index (κ3) is 3.97. The quantitative estimate of drug-likeness (QED) is 0.851. The molecule has 1 N–H and O–H groups in total. The zero-order chi connectivity index (χ0) is 18.1. The Kier molecular flexibility index (Phi) is 4.76. The highest BCUT2D eigenvalue weighted by atomic mass is 16.7. The molecule has 0 atom stereocenters. The molecule has 1 saturated heterocycles. The summed E-state index contributed by atoms with van der Waals surface area (Å²) in [5, 5.41) is 2.73. The number of carbonyl (C=O) groups is 1. The Balaban J connectivity index is 1.60. The molecule has 2 aliphatic rings. The molecular formula is C19H24BNO4. The molecule has 1 aliphatic carbocycles. The van der Waals surface area contributed by atoms with Crippen molar-refractivity contribution in [1.29, 1.82) is 0 Å². The SMILES string of the molecule is CC1(C)OB(c2ccc(NC(=O)OC3=CC=CCC3)cc2)OC1(C)C. The summed E-state index contributed by atoms with van der Waals surface area (Å²) >= 11 is 0. The normalized spacial score (nSPS) is 21.0. The Hall–Kier alpha value is -2.05. The van der Waals surface area contributed by atoms with Crippen molar-refractivity contribution in [3.8, 4) is 0 Å². The van der Waals surface area contributed by atoms with Crippen LogP contribution >= 0.6 is 0 Å². The summed E-state index contributed by atoms with van der Waals surface area (Å²) in [7, 11) is -0.412. The number of allylic oxidation sites excluding steroid dienone is 4. The van der Waals surface area contributed by atoms with Gasteiger partial charge in [0.2, 0.25) is 0 Å². The molecule has 1 amide bonds. The fraction of sp³-hybridized carbons (Fsp3) is 0.421. The van der Waals surface area contributed by atoms with Crippen molar-refractivity contribution in [2.75, 3.05) is 5.32 Å². The van der Waals surface area contributed by atoms with Crippen LogP contribution in [0.1, 0.15) is 40.5 Å². The van der Waals surface area contributed by atoms with Gasteiger partial charge in [-0.1, -0.05) is 24.3 Å². The van der Waals surface area contributed by atoms with Crippen molar-refractivity contribution in [1.82, 2.24) is 0 Å². The monoisotopic (exact) mass is 341 g/mol. The molecule has 1 aliphatic heterocycles. The Bertz CT molecular complexity index is 691. The Labute approximate surface area is 149 Å². The molecule has 0 radical (unpaired) electrons. The van der Waals surface area contributed by atoms with E-state index in [1.54, 1.807) is 0 Å². The Morgan fingerprint density at radius 2 is 1.76 bits per heavy atom. The van der Waals surface area contributed by atoms with Gasteiger partial charge in [0.05, 0.1) is 11.2 Å². The fourth-order valence-corrected chi connectivity index (χ4v) is 2.63. The molecule has 5 nitrogen and oxygen atoms in total. The molecule has 1 aromatic rings. The first kappa shape index (κ1) is 17.8. The summed E-state index contributed by atoms with van der Waals surface area (Å²) in [4.78, 5) is 11.9. The van der Waals surface area contributed by atoms with Crippen LogP contribution in [0.15, 0.2) is 48.3 Å². The number of hydrogen-bond acceptors (Lipinski definition) is 4. The largest absolute Gasteiger partial charge is 0.494 e. The van der Waals surface area contributed by atoms with Gasteiger partial charge in [-0.05, 0) is 57.8 Å². The zero-order valence-electron chi connectivity index (χ0n) is 15.2. The van der Waals surface area contributed by atoms with Crippen LogP contribution in [0.5, 0.6) is 0 Å². The van der Waals surface area contributed by atoms with E-state index in [4.69, 9.17) is 14.0 Å². The molecule has 1 fully saturated rings. The minimum Gasteiger partial charge on any atom is -0.415 e. The molecule has 6 heteroatoms. The number of amides is 1. The molecule has 25 heavy (non-hydrogen) atoms. The minimum absolute atomic E-state index is 0.374. The van der Waals surface area contributed by atoms with Crippen LogP contribution in [0.4, 0.5) is 10.5 Å². The summed E-state index contributed by atoms with van der Waals surface area (Å²) in [5.74, 6) is 0.675. The number of nitrogens with one attached hydrogen (secondary N) is 1. The first-order chi connectivity index (χ1) is 11.8. The third-order valence-electron chi connectivity index (χ3n) is 4.88. The number of anilines is 1. The van der Waals surface area contributed by atoms with Crippen molar-refractivity contribution in [2.24, 2.45) is 0 Å². The van der Waals surface area contributed by atoms with Gasteiger partial charge in [0.25, 0.3) is 0 Å². The van der Waals surface area contributed by atoms with Gasteiger partial charge in [-0.15, -0.1) is 0 Å². The molecule has 0 saturated carbocycles. The molecule has 132 valence electrons. The van der Waals surface area contributed by atoms with E-state index in [2.05, 4.69) is 5.32 Å². The van der Waals surface area contributed by atoms with Crippen LogP contribution in [0.3, 0.4) is 0 Å². The van der Waals surface area contributed by atoms with E-state index in [9.17, 15) is 4.79 Å². The molecule has 3 rings (SSSR count). The van der Waals surface area contributed by atoms with Crippen LogP contribution < -0.4 is 10.8 Å². The maximum Gasteiger partial charge on any atom is 0.494 e. The lowest BCUT2D eigenvalue weighted by Crippen LogP contribution is -2.41. The van der Waals surface area contributed by atoms with Gasteiger partial charge in [-0.2, -0.15) is 0 Å². The Morgan fingerprint density at radius 1 is 1.12 bits per heavy atom. The lowest BCUT2D eigenvalue weighted by Gasteiger charge is -2.32. The van der Waals surface area contributed by atoms with Crippen LogP contribution in [0.2, 0.25) is 0 Å². The first-order valence-corrected chi connectivity index (χ1v) is 8.57. The van der Waals surface area contributed by atoms with Crippen molar-refractivity contribution in [2.45, 2.75) is 51.7 Å². The number of benzene rings is 1. The van der Waals surface area contributed by atoms with E-state index in [0.717, 1.165) is 18.3 Å². The van der Waals surface area contributed by atoms with E-state index in [1.165, 1.54) is 0 Å². The van der Waals surface area contributed by atoms with Crippen LogP contribution in [-0.2, 0) is 14.0 Å². The average molecular weight is 341 g/mol. The highest BCUT2D eigenvalue weighted by Gasteiger charge is 2.51. The predicted octanol–water partition coefficient (Wildman–Crippen LogP) is 3.77. The van der Waals surface area contributed by atoms with Gasteiger partial charge in [0.1, 0.15) is 5.76 Å². The minimum atomic E-state index is -0.482. The predicted molar refractivity (Wildman–Crippen MR) is 98.7 cm³/mol. The van der Waals surface area contributed by atoms with Crippen molar-refractivity contribution in [3.63, 3.8) is 0 Å². The van der Waals surface area contributed by atoms with Gasteiger partial charge < -0.3 is 14.0 Å². The highest BCUT2D eigenvalue weighted by Crippen LogP contribution is 2.36. The average Bonchev–Trinajstić information content (AvgIpc) is 2.77. The third-order valence-corrected chi connectivity index (χ3v) is 4.88. The number of rotatable bonds is 3. The topological polar surface area (TPSA) is 56.8 Å². The lowest BCUT2D eigenvalue weighted by atomic mass is 9.79. The number of hydrogen-bond donors (Lipinski definition) is 1. The van der Waals surface area contributed by atoms with E-state index in [-0.39, 0.29) is 11.2 Å². The number of ether oxygens (including phenoxy) is 1. The van der Waals surface area contributed by atoms with Crippen molar-refractivity contribution < 1.29 is 18.8 Å². The lowest BCUT2D eigenvalue weighted by molar-refractivity contribution is 0.00578. The summed E-state index contributed by atoms with van der Waals surface area (Å²) in [6.07, 6.45) is 6.90. The molecular weight excluding hydrogens is 317 g/mol. The maximum atomic E-state index is 11.9. The van der Waals surface area contributed by atoms with Crippen LogP contribution in [0, 0.1) is 0 Å². The molecule has 0 unspecified atom stereocenters. The summed E-state index contributed by atoms with van der Waals surface area (Å²) in [6, 6.07) is 7.41. The van der Waals surface area contributed by atoms with E-state index >= 15 is 0 Å². The summed E-state index contributed by atoms with van der Waals surface area (Å²) in [5.41, 5.74) is 0.830. The highest BCUT2D eigenvalue weighted by molar-refractivity contribution is 6.62. The summed E-state index contributed by atoms with van der Waals surface area (Å²) in [6.45, 7) is 8.09. The van der Waals surface area contributed by atoms with Gasteiger partial charge in [0, 0.05) is 12.1 Å². The van der Waals surface area contributed by atoms with Gasteiger partial charge in [-0.25, -0.2) is 4.79 Å². The van der Waals surface area contributed by atoms with E-state index in [1.807, 2.05) is 70.2 Å². The van der Waals surface area contributed by atoms with E-state index < -0.39 is 13.2 Å². The standard InChI is InChI=1S/C19H24BNO4/c1-18(2)19(3,4)25-20(24-18)14-10-12-15(13-11-14)21-17(22)23-16-8-6-5-7-9-16/h5-6,8,10-13H,7,9H2,1-4H3,(H,21,22). The second-order valence-corrected chi connectivity index (χ2v) is 7.32. The fourth-order valence-electron chi connectivity index (χ4n) is 2.63.